The van der Waals surface area contributed by atoms with Crippen LogP contribution >= 0.6 is 0 Å². The van der Waals surface area contributed by atoms with E-state index in [1.165, 1.54) is 4.57 Å². The Hall–Kier alpha value is -3.34. The first-order valence-electron chi connectivity index (χ1n) is 10.5. The Kier molecular flexibility index (Phi) is 4.96. The number of nitrogens with one attached hydrogen (secondary N) is 1. The third-order valence-corrected chi connectivity index (χ3v) is 6.76. The van der Waals surface area contributed by atoms with Crippen LogP contribution in [0, 0.1) is 23.4 Å². The lowest BCUT2D eigenvalue weighted by Gasteiger charge is -2.47. The number of halogens is 3. The minimum Gasteiger partial charge on any atom is -0.503 e. The van der Waals surface area contributed by atoms with Crippen LogP contribution in [0.3, 0.4) is 0 Å². The van der Waals surface area contributed by atoms with Gasteiger partial charge in [0.2, 0.25) is 5.43 Å². The van der Waals surface area contributed by atoms with Crippen molar-refractivity contribution in [3.63, 3.8) is 0 Å². The highest BCUT2D eigenvalue weighted by molar-refractivity contribution is 5.99. The summed E-state index contributed by atoms with van der Waals surface area (Å²) in [7, 11) is 0. The summed E-state index contributed by atoms with van der Waals surface area (Å²) < 4.78 is 48.1. The van der Waals surface area contributed by atoms with Gasteiger partial charge < -0.3 is 24.6 Å². The molecule has 2 N–H and O–H groups in total. The number of amides is 2. The minimum atomic E-state index is -1.19. The molecule has 8 nitrogen and oxygen atoms in total. The van der Waals surface area contributed by atoms with Gasteiger partial charge in [-0.1, -0.05) is 6.92 Å². The predicted molar refractivity (Wildman–Crippen MR) is 107 cm³/mol. The first-order valence-corrected chi connectivity index (χ1v) is 10.5. The molecule has 33 heavy (non-hydrogen) atoms. The fourth-order valence-electron chi connectivity index (χ4n) is 5.06. The van der Waals surface area contributed by atoms with Gasteiger partial charge in [0.25, 0.3) is 11.8 Å². The number of benzene rings is 1. The van der Waals surface area contributed by atoms with Crippen LogP contribution in [0.15, 0.2) is 23.1 Å². The summed E-state index contributed by atoms with van der Waals surface area (Å²) in [4.78, 5) is 40.0. The highest BCUT2D eigenvalue weighted by atomic mass is 19.1. The Bertz CT molecular complexity index is 1220. The van der Waals surface area contributed by atoms with Crippen LogP contribution in [0.25, 0.3) is 0 Å². The molecular formula is C22H20F3N3O5. The molecule has 0 radical (unpaired) electrons. The van der Waals surface area contributed by atoms with E-state index in [-0.39, 0.29) is 30.3 Å². The smallest absolute Gasteiger partial charge is 0.276 e. The average molecular weight is 463 g/mol. The van der Waals surface area contributed by atoms with Gasteiger partial charge in [-0.3, -0.25) is 14.4 Å². The number of fused-ring (bicyclic) bond motifs is 5. The third-order valence-electron chi connectivity index (χ3n) is 6.76. The molecule has 1 aromatic carbocycles. The van der Waals surface area contributed by atoms with Gasteiger partial charge in [-0.05, 0) is 12.8 Å². The Balaban J connectivity index is 1.44. The maximum atomic E-state index is 13.8. The van der Waals surface area contributed by atoms with Gasteiger partial charge in [0.1, 0.15) is 23.0 Å². The number of rotatable bonds is 3. The molecule has 0 unspecified atom stereocenters. The van der Waals surface area contributed by atoms with E-state index < -0.39 is 64.3 Å². The Morgan fingerprint density at radius 3 is 2.61 bits per heavy atom. The Labute approximate surface area is 185 Å². The van der Waals surface area contributed by atoms with Crippen LogP contribution in [-0.4, -0.2) is 44.8 Å². The summed E-state index contributed by atoms with van der Waals surface area (Å²) in [5.74, 6) is -5.81. The van der Waals surface area contributed by atoms with Crippen LogP contribution in [-0.2, 0) is 17.8 Å². The van der Waals surface area contributed by atoms with Crippen molar-refractivity contribution in [3.05, 3.63) is 62.8 Å². The van der Waals surface area contributed by atoms with Crippen LogP contribution in [0.5, 0.6) is 5.75 Å². The predicted octanol–water partition coefficient (Wildman–Crippen LogP) is 1.88. The summed E-state index contributed by atoms with van der Waals surface area (Å²) in [5, 5.41) is 12.7. The molecule has 5 rings (SSSR count). The molecule has 2 fully saturated rings. The van der Waals surface area contributed by atoms with Crippen molar-refractivity contribution in [2.24, 2.45) is 5.92 Å². The molecular weight excluding hydrogens is 443 g/mol. The van der Waals surface area contributed by atoms with E-state index in [1.54, 1.807) is 4.90 Å². The zero-order valence-corrected chi connectivity index (χ0v) is 17.5. The Morgan fingerprint density at radius 2 is 1.91 bits per heavy atom. The molecule has 3 heterocycles. The SMILES string of the molecule is C[C@H]1[C@@H]2CC[C@H]1N1C(=O)c3c(O)c(=O)c(C(=O)NCc4c(F)cc(F)cc4F)cn3C[C@@H]1O2. The standard InChI is InChI=1S/C22H20F3N3O5/c1-9-15-2-3-16(9)33-17-8-27-7-12(19(29)20(30)18(27)22(32)28(15)17)21(31)26-6-11-13(24)4-10(23)5-14(11)25/h4-5,7,9,15-17,30H,2-3,6,8H2,1H3,(H,26,31)/t9-,15-,16+,17+/m1/s1. The second kappa shape index (κ2) is 7.62. The van der Waals surface area contributed by atoms with Crippen molar-refractivity contribution in [3.8, 4) is 5.75 Å². The second-order valence-electron chi connectivity index (χ2n) is 8.60. The van der Waals surface area contributed by atoms with E-state index in [0.717, 1.165) is 19.0 Å². The van der Waals surface area contributed by atoms with E-state index >= 15 is 0 Å². The van der Waals surface area contributed by atoms with Crippen LogP contribution in [0.2, 0.25) is 0 Å². The molecule has 2 amide bonds. The molecule has 4 atom stereocenters. The van der Waals surface area contributed by atoms with Crippen molar-refractivity contribution in [2.45, 2.75) is 51.2 Å². The largest absolute Gasteiger partial charge is 0.503 e. The van der Waals surface area contributed by atoms with Gasteiger partial charge in [0, 0.05) is 42.4 Å². The zero-order valence-electron chi connectivity index (χ0n) is 17.5. The van der Waals surface area contributed by atoms with Gasteiger partial charge in [-0.15, -0.1) is 0 Å². The number of pyridine rings is 1. The normalized spacial score (nSPS) is 25.6. The molecule has 174 valence electrons. The topological polar surface area (TPSA) is 101 Å². The Morgan fingerprint density at radius 1 is 1.21 bits per heavy atom. The van der Waals surface area contributed by atoms with Gasteiger partial charge >= 0.3 is 0 Å². The van der Waals surface area contributed by atoms with Crippen molar-refractivity contribution < 1.29 is 32.6 Å². The van der Waals surface area contributed by atoms with E-state index in [1.807, 2.05) is 6.92 Å². The number of aromatic nitrogens is 1. The van der Waals surface area contributed by atoms with Crippen LogP contribution in [0.4, 0.5) is 13.2 Å². The van der Waals surface area contributed by atoms with Crippen molar-refractivity contribution >= 4 is 11.8 Å². The first-order chi connectivity index (χ1) is 15.7. The zero-order chi connectivity index (χ0) is 23.6. The fraction of sp³-hybridized carbons (Fsp3) is 0.409. The number of aromatic hydroxyl groups is 1. The van der Waals surface area contributed by atoms with E-state index in [2.05, 4.69) is 5.32 Å². The highest BCUT2D eigenvalue weighted by Crippen LogP contribution is 2.42. The molecule has 1 aliphatic carbocycles. The lowest BCUT2D eigenvalue weighted by Crippen LogP contribution is -2.59. The number of hydrogen-bond acceptors (Lipinski definition) is 5. The maximum Gasteiger partial charge on any atom is 0.276 e. The quantitative estimate of drug-likeness (QED) is 0.724. The molecule has 1 saturated carbocycles. The molecule has 11 heteroatoms. The monoisotopic (exact) mass is 463 g/mol. The summed E-state index contributed by atoms with van der Waals surface area (Å²) in [6.07, 6.45) is 2.09. The molecule has 2 aliphatic heterocycles. The molecule has 0 spiro atoms. The number of carbonyl (C=O) groups excluding carboxylic acids is 2. The van der Waals surface area contributed by atoms with Gasteiger partial charge in [0.05, 0.1) is 12.6 Å². The molecule has 2 aromatic rings. The van der Waals surface area contributed by atoms with Crippen LogP contribution < -0.4 is 10.7 Å². The number of carbonyl (C=O) groups is 2. The first kappa shape index (κ1) is 21.5. The molecule has 1 aromatic heterocycles. The summed E-state index contributed by atoms with van der Waals surface area (Å²) >= 11 is 0. The maximum absolute atomic E-state index is 13.8. The lowest BCUT2D eigenvalue weighted by molar-refractivity contribution is -0.155. The average Bonchev–Trinajstić information content (AvgIpc) is 2.98. The van der Waals surface area contributed by atoms with Crippen molar-refractivity contribution in [1.82, 2.24) is 14.8 Å². The minimum absolute atomic E-state index is 0.00171. The molecule has 2 bridgehead atoms. The molecule has 1 saturated heterocycles. The summed E-state index contributed by atoms with van der Waals surface area (Å²) in [6.45, 7) is 1.45. The lowest BCUT2D eigenvalue weighted by atomic mass is 9.98. The van der Waals surface area contributed by atoms with Crippen molar-refractivity contribution in [1.29, 1.82) is 0 Å². The summed E-state index contributed by atoms with van der Waals surface area (Å²) in [6, 6.07) is 0.882. The van der Waals surface area contributed by atoms with E-state index in [0.29, 0.717) is 12.1 Å². The van der Waals surface area contributed by atoms with Gasteiger partial charge in [-0.2, -0.15) is 0 Å². The summed E-state index contributed by atoms with van der Waals surface area (Å²) in [5.41, 5.74) is -2.41. The fourth-order valence-corrected chi connectivity index (χ4v) is 5.06. The highest BCUT2D eigenvalue weighted by Gasteiger charge is 2.51. The van der Waals surface area contributed by atoms with Gasteiger partial charge in [-0.25, -0.2) is 13.2 Å². The van der Waals surface area contributed by atoms with Gasteiger partial charge in [0.15, 0.2) is 17.7 Å². The van der Waals surface area contributed by atoms with E-state index in [4.69, 9.17) is 4.74 Å². The second-order valence-corrected chi connectivity index (χ2v) is 8.60. The van der Waals surface area contributed by atoms with E-state index in [9.17, 15) is 32.7 Å². The molecule has 3 aliphatic rings. The third kappa shape index (κ3) is 3.29. The number of hydrogen-bond donors (Lipinski definition) is 2. The van der Waals surface area contributed by atoms with Crippen LogP contribution in [0.1, 0.15) is 46.2 Å². The number of ether oxygens (including phenoxy) is 1. The van der Waals surface area contributed by atoms with Crippen molar-refractivity contribution in [2.75, 3.05) is 0 Å². The number of nitrogens with zero attached hydrogens (tertiary/aromatic N) is 2.